The molecule has 0 aromatic carbocycles. The van der Waals surface area contributed by atoms with Crippen LogP contribution in [0.2, 0.25) is 0 Å². The van der Waals surface area contributed by atoms with Gasteiger partial charge >= 0.3 is 10.4 Å². The molecule has 6 aliphatic rings. The van der Waals surface area contributed by atoms with Crippen LogP contribution >= 0.6 is 0 Å². The van der Waals surface area contributed by atoms with E-state index in [1.54, 1.807) is 0 Å². The fraction of sp³-hybridized carbons (Fsp3) is 0.862. The van der Waals surface area contributed by atoms with E-state index in [0.29, 0.717) is 48.3 Å². The van der Waals surface area contributed by atoms with Crippen molar-refractivity contribution in [2.75, 3.05) is 0 Å². The molecule has 4 fully saturated rings. The topological polar surface area (TPSA) is 82.1 Å². The Morgan fingerprint density at radius 2 is 1.75 bits per heavy atom. The van der Waals surface area contributed by atoms with E-state index < -0.39 is 27.7 Å². The highest BCUT2D eigenvalue weighted by Crippen LogP contribution is 2.73. The predicted octanol–water partition coefficient (Wildman–Crippen LogP) is 6.69. The molecule has 6 nitrogen and oxygen atoms in total. The van der Waals surface area contributed by atoms with Gasteiger partial charge in [0.2, 0.25) is 0 Å². The van der Waals surface area contributed by atoms with E-state index in [2.05, 4.69) is 66.7 Å². The average Bonchev–Trinajstić information content (AvgIpc) is 3.15. The molecule has 10 unspecified atom stereocenters. The van der Waals surface area contributed by atoms with Crippen LogP contribution in [0, 0.1) is 46.3 Å². The molecule has 2 spiro atoms. The third kappa shape index (κ3) is 3.82. The summed E-state index contributed by atoms with van der Waals surface area (Å²) in [6.45, 7) is 16.5. The monoisotopic (exact) mass is 522 g/mol. The molecule has 4 aliphatic carbocycles. The van der Waals surface area contributed by atoms with Crippen LogP contribution in [0.1, 0.15) is 93.4 Å². The van der Waals surface area contributed by atoms with Gasteiger partial charge in [0.25, 0.3) is 0 Å². The van der Waals surface area contributed by atoms with Crippen molar-refractivity contribution in [3.63, 3.8) is 0 Å². The second-order valence-corrected chi connectivity index (χ2v) is 14.7. The largest absolute Gasteiger partial charge is 0.397 e. The summed E-state index contributed by atoms with van der Waals surface area (Å²) < 4.78 is 37.0. The minimum absolute atomic E-state index is 0.159. The molecular formula is C29H46O6S. The van der Waals surface area contributed by atoms with E-state index >= 15 is 0 Å². The molecule has 0 aromatic rings. The van der Waals surface area contributed by atoms with Gasteiger partial charge in [-0.3, -0.25) is 4.55 Å². The molecule has 6 rings (SSSR count). The Balaban J connectivity index is 1.43. The normalized spacial score (nSPS) is 47.9. The first kappa shape index (κ1) is 26.9. The van der Waals surface area contributed by atoms with Crippen molar-refractivity contribution in [2.45, 2.75) is 111 Å². The van der Waals surface area contributed by atoms with Crippen LogP contribution in [-0.4, -0.2) is 30.3 Å². The third-order valence-corrected chi connectivity index (χ3v) is 12.3. The fourth-order valence-electron chi connectivity index (χ4n) is 9.45. The van der Waals surface area contributed by atoms with E-state index in [-0.39, 0.29) is 10.8 Å². The lowest BCUT2D eigenvalue weighted by Gasteiger charge is -2.69. The van der Waals surface area contributed by atoms with Gasteiger partial charge in [-0.2, -0.15) is 8.42 Å². The first-order valence-electron chi connectivity index (χ1n) is 14.1. The SMILES string of the molecule is CC(=CC(C)C1CCC2C1(C)CCC1C23C=CC2(CC(OS(=O)(=O)O)CCC12C)OO3)C(C)C(C)C. The van der Waals surface area contributed by atoms with Crippen LogP contribution in [0.5, 0.6) is 0 Å². The van der Waals surface area contributed by atoms with Gasteiger partial charge in [0, 0.05) is 23.7 Å². The maximum absolute atomic E-state index is 11.4. The van der Waals surface area contributed by atoms with Gasteiger partial charge < -0.3 is 0 Å². The first-order valence-corrected chi connectivity index (χ1v) is 15.5. The lowest BCUT2D eigenvalue weighted by atomic mass is 9.43. The maximum Gasteiger partial charge on any atom is 0.397 e. The van der Waals surface area contributed by atoms with Crippen LogP contribution in [0.3, 0.4) is 0 Å². The van der Waals surface area contributed by atoms with Gasteiger partial charge in [-0.15, -0.1) is 0 Å². The average molecular weight is 523 g/mol. The standard InChI is InChI=1S/C29H46O6S/c1-18(2)21(5)19(3)16-20(4)23-8-9-24-26(23,6)12-11-25-27(7)13-10-22(33-36(30,31)32)17-28(27)14-15-29(24,25)35-34-28/h14-16,18,20-25H,8-13,17H2,1-7H3,(H,30,31,32). The molecule has 204 valence electrons. The van der Waals surface area contributed by atoms with Crippen molar-refractivity contribution in [1.29, 1.82) is 0 Å². The molecule has 36 heavy (non-hydrogen) atoms. The lowest BCUT2D eigenvalue weighted by Crippen LogP contribution is -2.73. The minimum Gasteiger partial charge on any atom is -0.264 e. The van der Waals surface area contributed by atoms with Crippen LogP contribution in [0.25, 0.3) is 0 Å². The van der Waals surface area contributed by atoms with Gasteiger partial charge in [-0.05, 0) is 80.6 Å². The van der Waals surface area contributed by atoms with Gasteiger partial charge in [0.15, 0.2) is 0 Å². The Morgan fingerprint density at radius 1 is 1.03 bits per heavy atom. The number of hydrogen-bond acceptors (Lipinski definition) is 5. The van der Waals surface area contributed by atoms with Gasteiger partial charge in [0.05, 0.1) is 6.10 Å². The minimum atomic E-state index is -4.51. The van der Waals surface area contributed by atoms with E-state index in [0.717, 1.165) is 19.3 Å². The van der Waals surface area contributed by atoms with Crippen molar-refractivity contribution in [3.8, 4) is 0 Å². The Bertz CT molecular complexity index is 1050. The second-order valence-electron chi connectivity index (χ2n) is 13.7. The zero-order valence-electron chi connectivity index (χ0n) is 23.1. The summed E-state index contributed by atoms with van der Waals surface area (Å²) in [6, 6.07) is 0. The fourth-order valence-corrected chi connectivity index (χ4v) is 9.96. The molecular weight excluding hydrogens is 476 g/mol. The summed E-state index contributed by atoms with van der Waals surface area (Å²) in [5.74, 6) is 3.09. The van der Waals surface area contributed by atoms with Crippen molar-refractivity contribution in [1.82, 2.24) is 0 Å². The summed E-state index contributed by atoms with van der Waals surface area (Å²) in [5, 5.41) is 0. The summed E-state index contributed by atoms with van der Waals surface area (Å²) in [4.78, 5) is 12.8. The zero-order valence-corrected chi connectivity index (χ0v) is 23.9. The summed E-state index contributed by atoms with van der Waals surface area (Å²) in [7, 11) is -4.51. The highest BCUT2D eigenvalue weighted by atomic mass is 32.3. The van der Waals surface area contributed by atoms with E-state index in [4.69, 9.17) is 14.0 Å². The van der Waals surface area contributed by atoms with Crippen LogP contribution < -0.4 is 0 Å². The Kier molecular flexibility index (Phi) is 6.44. The Hall–Kier alpha value is -0.730. The molecule has 2 bridgehead atoms. The Morgan fingerprint density at radius 3 is 2.36 bits per heavy atom. The lowest BCUT2D eigenvalue weighted by molar-refractivity contribution is -0.497. The molecule has 3 saturated carbocycles. The highest BCUT2D eigenvalue weighted by molar-refractivity contribution is 7.80. The number of allylic oxidation sites excluding steroid dienone is 2. The van der Waals surface area contributed by atoms with Crippen LogP contribution in [0.15, 0.2) is 23.8 Å². The maximum atomic E-state index is 11.4. The van der Waals surface area contributed by atoms with E-state index in [1.807, 2.05) is 0 Å². The number of rotatable bonds is 6. The molecule has 7 heteroatoms. The smallest absolute Gasteiger partial charge is 0.264 e. The Labute approximate surface area is 218 Å². The van der Waals surface area contributed by atoms with Crippen molar-refractivity contribution >= 4 is 10.4 Å². The molecule has 0 radical (unpaired) electrons. The predicted molar refractivity (Wildman–Crippen MR) is 139 cm³/mol. The summed E-state index contributed by atoms with van der Waals surface area (Å²) in [6.07, 6.45) is 12.7. The first-order chi connectivity index (χ1) is 16.7. The number of hydrogen-bond donors (Lipinski definition) is 1. The molecule has 2 aliphatic heterocycles. The van der Waals surface area contributed by atoms with E-state index in [9.17, 15) is 13.0 Å². The van der Waals surface area contributed by atoms with Crippen molar-refractivity contribution in [2.24, 2.45) is 46.3 Å². The quantitative estimate of drug-likeness (QED) is 0.238. The second kappa shape index (κ2) is 8.64. The molecule has 2 heterocycles. The molecule has 1 saturated heterocycles. The highest BCUT2D eigenvalue weighted by Gasteiger charge is 2.74. The summed E-state index contributed by atoms with van der Waals surface area (Å²) >= 11 is 0. The van der Waals surface area contributed by atoms with Gasteiger partial charge in [-0.25, -0.2) is 14.0 Å². The molecule has 0 amide bonds. The summed E-state index contributed by atoms with van der Waals surface area (Å²) in [5.41, 5.74) is 0.373. The van der Waals surface area contributed by atoms with Gasteiger partial charge in [-0.1, -0.05) is 59.3 Å². The van der Waals surface area contributed by atoms with Crippen LogP contribution in [-0.2, 0) is 24.4 Å². The van der Waals surface area contributed by atoms with Crippen molar-refractivity contribution < 1.29 is 26.9 Å². The number of fused-ring (bicyclic) bond motifs is 2. The molecule has 0 aromatic heterocycles. The van der Waals surface area contributed by atoms with Gasteiger partial charge in [0.1, 0.15) is 11.2 Å². The third-order valence-electron chi connectivity index (χ3n) is 11.8. The molecule has 10 atom stereocenters. The van der Waals surface area contributed by atoms with Crippen molar-refractivity contribution in [3.05, 3.63) is 23.8 Å². The molecule has 1 N–H and O–H groups in total. The van der Waals surface area contributed by atoms with E-state index in [1.165, 1.54) is 18.4 Å². The van der Waals surface area contributed by atoms with Crippen LogP contribution in [0.4, 0.5) is 0 Å². The zero-order chi connectivity index (χ0) is 26.3.